The Hall–Kier alpha value is -1.85. The predicted molar refractivity (Wildman–Crippen MR) is 91.9 cm³/mol. The summed E-state index contributed by atoms with van der Waals surface area (Å²) in [5, 5.41) is 0. The molecule has 5 heteroatoms. The lowest BCUT2D eigenvalue weighted by molar-refractivity contribution is -0.172. The van der Waals surface area contributed by atoms with E-state index >= 15 is 0 Å². The largest absolute Gasteiger partial charge is 0.488 e. The number of ether oxygens (including phenoxy) is 3. The first-order valence-electron chi connectivity index (χ1n) is 8.50. The van der Waals surface area contributed by atoms with Gasteiger partial charge in [0.15, 0.2) is 5.79 Å². The highest BCUT2D eigenvalue weighted by Crippen LogP contribution is 2.37. The number of rotatable bonds is 6. The molecule has 3 rings (SSSR count). The number of hydrogen-bond acceptors (Lipinski definition) is 4. The van der Waals surface area contributed by atoms with Gasteiger partial charge in [0.05, 0.1) is 19.5 Å². The molecule has 0 radical (unpaired) electrons. The van der Waals surface area contributed by atoms with Gasteiger partial charge in [-0.3, -0.25) is 0 Å². The van der Waals surface area contributed by atoms with Gasteiger partial charge in [-0.2, -0.15) is 0 Å². The van der Waals surface area contributed by atoms with Crippen LogP contribution in [0.4, 0.5) is 0 Å². The average molecular weight is 330 g/mol. The highest BCUT2D eigenvalue weighted by Gasteiger charge is 2.38. The molecule has 0 spiro atoms. The van der Waals surface area contributed by atoms with E-state index in [0.717, 1.165) is 30.7 Å². The topological polar surface area (TPSA) is 45.5 Å². The summed E-state index contributed by atoms with van der Waals surface area (Å²) in [4.78, 5) is 4.07. The fourth-order valence-corrected chi connectivity index (χ4v) is 2.95. The summed E-state index contributed by atoms with van der Waals surface area (Å²) < 4.78 is 20.0. The van der Waals surface area contributed by atoms with Gasteiger partial charge in [0.25, 0.3) is 0 Å². The van der Waals surface area contributed by atoms with E-state index in [9.17, 15) is 0 Å². The van der Waals surface area contributed by atoms with Crippen molar-refractivity contribution in [2.24, 2.45) is 0 Å². The van der Waals surface area contributed by atoms with Crippen LogP contribution in [0.5, 0.6) is 5.75 Å². The molecule has 24 heavy (non-hydrogen) atoms. The van der Waals surface area contributed by atoms with Crippen LogP contribution in [-0.4, -0.2) is 28.4 Å². The number of nitrogens with zero attached hydrogens (tertiary/aromatic N) is 2. The molecule has 0 bridgehead atoms. The van der Waals surface area contributed by atoms with E-state index < -0.39 is 5.79 Å². The second-order valence-corrected chi connectivity index (χ2v) is 7.09. The van der Waals surface area contributed by atoms with Gasteiger partial charge in [-0.1, -0.05) is 0 Å². The molecule has 5 nitrogen and oxygen atoms in total. The Bertz CT molecular complexity index is 624. The Morgan fingerprint density at radius 1 is 1.17 bits per heavy atom. The Labute approximate surface area is 143 Å². The maximum atomic E-state index is 6.00. The molecule has 1 aromatic carbocycles. The number of aryl methyl sites for hydroxylation is 1. The minimum Gasteiger partial charge on any atom is -0.488 e. The predicted octanol–water partition coefficient (Wildman–Crippen LogP) is 3.74. The van der Waals surface area contributed by atoms with Crippen LogP contribution in [0.2, 0.25) is 0 Å². The van der Waals surface area contributed by atoms with Crippen LogP contribution < -0.4 is 4.74 Å². The molecule has 1 fully saturated rings. The third-order valence-electron chi connectivity index (χ3n) is 3.95. The molecule has 1 aliphatic rings. The quantitative estimate of drug-likeness (QED) is 0.809. The SMILES string of the molecule is CC(C)(C)Oc1ccc(C2(CCCn3ccnc3)OCCO2)cc1. The van der Waals surface area contributed by atoms with Crippen LogP contribution in [0.25, 0.3) is 0 Å². The van der Waals surface area contributed by atoms with Crippen molar-refractivity contribution < 1.29 is 14.2 Å². The summed E-state index contributed by atoms with van der Waals surface area (Å²) in [6.45, 7) is 8.29. The Morgan fingerprint density at radius 3 is 2.46 bits per heavy atom. The van der Waals surface area contributed by atoms with Crippen molar-refractivity contribution in [3.8, 4) is 5.75 Å². The van der Waals surface area contributed by atoms with Crippen molar-refractivity contribution in [3.05, 3.63) is 48.5 Å². The van der Waals surface area contributed by atoms with Crippen LogP contribution in [0.3, 0.4) is 0 Å². The van der Waals surface area contributed by atoms with Gasteiger partial charge >= 0.3 is 0 Å². The van der Waals surface area contributed by atoms with Gasteiger partial charge in [0.1, 0.15) is 11.4 Å². The Balaban J connectivity index is 1.68. The summed E-state index contributed by atoms with van der Waals surface area (Å²) in [6, 6.07) is 8.07. The molecule has 0 N–H and O–H groups in total. The molecule has 0 atom stereocenters. The van der Waals surface area contributed by atoms with Gasteiger partial charge in [-0.15, -0.1) is 0 Å². The van der Waals surface area contributed by atoms with E-state index in [1.165, 1.54) is 0 Å². The minimum absolute atomic E-state index is 0.204. The first-order chi connectivity index (χ1) is 11.5. The number of hydrogen-bond donors (Lipinski definition) is 0. The molecular weight excluding hydrogens is 304 g/mol. The summed E-state index contributed by atoms with van der Waals surface area (Å²) in [5.74, 6) is 0.221. The summed E-state index contributed by atoms with van der Waals surface area (Å²) in [5.41, 5.74) is 0.844. The zero-order valence-electron chi connectivity index (χ0n) is 14.7. The van der Waals surface area contributed by atoms with Crippen LogP contribution in [0.1, 0.15) is 39.2 Å². The molecule has 0 amide bonds. The second-order valence-electron chi connectivity index (χ2n) is 7.09. The average Bonchev–Trinajstić information content (AvgIpc) is 3.19. The van der Waals surface area contributed by atoms with E-state index in [1.54, 1.807) is 6.20 Å². The lowest BCUT2D eigenvalue weighted by atomic mass is 10.00. The molecule has 130 valence electrons. The zero-order chi connectivity index (χ0) is 17.0. The normalized spacial score (nSPS) is 17.1. The lowest BCUT2D eigenvalue weighted by Gasteiger charge is -2.28. The number of aromatic nitrogens is 2. The van der Waals surface area contributed by atoms with Gasteiger partial charge in [0.2, 0.25) is 0 Å². The molecule has 0 aliphatic carbocycles. The standard InChI is InChI=1S/C19H26N2O3/c1-18(2,3)24-17-7-5-16(6-8-17)19(22-13-14-23-19)9-4-11-21-12-10-20-15-21/h5-8,10,12,15H,4,9,11,13-14H2,1-3H3. The van der Waals surface area contributed by atoms with Gasteiger partial charge in [0, 0.05) is 30.9 Å². The van der Waals surface area contributed by atoms with Crippen molar-refractivity contribution in [2.75, 3.05) is 13.2 Å². The summed E-state index contributed by atoms with van der Waals surface area (Å²) >= 11 is 0. The monoisotopic (exact) mass is 330 g/mol. The number of benzene rings is 1. The molecule has 0 saturated carbocycles. The van der Waals surface area contributed by atoms with E-state index in [-0.39, 0.29) is 5.60 Å². The first-order valence-corrected chi connectivity index (χ1v) is 8.50. The highest BCUT2D eigenvalue weighted by atomic mass is 16.7. The van der Waals surface area contributed by atoms with E-state index in [2.05, 4.69) is 9.55 Å². The maximum absolute atomic E-state index is 6.00. The Morgan fingerprint density at radius 2 is 1.88 bits per heavy atom. The zero-order valence-corrected chi connectivity index (χ0v) is 14.7. The fourth-order valence-electron chi connectivity index (χ4n) is 2.95. The van der Waals surface area contributed by atoms with Gasteiger partial charge in [-0.25, -0.2) is 4.98 Å². The van der Waals surface area contributed by atoms with E-state index in [4.69, 9.17) is 14.2 Å². The second kappa shape index (κ2) is 6.95. The maximum Gasteiger partial charge on any atom is 0.195 e. The van der Waals surface area contributed by atoms with Crippen molar-refractivity contribution >= 4 is 0 Å². The molecule has 2 heterocycles. The highest BCUT2D eigenvalue weighted by molar-refractivity contribution is 5.30. The molecular formula is C19H26N2O3. The van der Waals surface area contributed by atoms with Gasteiger partial charge in [-0.05, 0) is 51.5 Å². The third kappa shape index (κ3) is 4.16. The lowest BCUT2D eigenvalue weighted by Crippen LogP contribution is -2.28. The van der Waals surface area contributed by atoms with Crippen molar-refractivity contribution in [3.63, 3.8) is 0 Å². The smallest absolute Gasteiger partial charge is 0.195 e. The van der Waals surface area contributed by atoms with Crippen molar-refractivity contribution in [1.82, 2.24) is 9.55 Å². The van der Waals surface area contributed by atoms with Crippen LogP contribution in [0.15, 0.2) is 43.0 Å². The Kier molecular flexibility index (Phi) is 4.92. The van der Waals surface area contributed by atoms with Crippen LogP contribution in [0, 0.1) is 0 Å². The van der Waals surface area contributed by atoms with Crippen LogP contribution >= 0.6 is 0 Å². The fraction of sp³-hybridized carbons (Fsp3) is 0.526. The van der Waals surface area contributed by atoms with E-state index in [1.807, 2.05) is 57.6 Å². The first kappa shape index (κ1) is 17.0. The third-order valence-corrected chi connectivity index (χ3v) is 3.95. The molecule has 0 unspecified atom stereocenters. The van der Waals surface area contributed by atoms with Gasteiger partial charge < -0.3 is 18.8 Å². The van der Waals surface area contributed by atoms with Crippen LogP contribution in [-0.2, 0) is 21.8 Å². The number of imidazole rings is 1. The van der Waals surface area contributed by atoms with Crippen molar-refractivity contribution in [1.29, 1.82) is 0 Å². The minimum atomic E-state index is -0.638. The molecule has 1 saturated heterocycles. The van der Waals surface area contributed by atoms with E-state index in [0.29, 0.717) is 13.2 Å². The molecule has 1 aromatic heterocycles. The molecule has 1 aliphatic heterocycles. The summed E-state index contributed by atoms with van der Waals surface area (Å²) in [6.07, 6.45) is 7.37. The summed E-state index contributed by atoms with van der Waals surface area (Å²) in [7, 11) is 0. The van der Waals surface area contributed by atoms with Crippen molar-refractivity contribution in [2.45, 2.75) is 51.5 Å². The molecule has 2 aromatic rings.